The summed E-state index contributed by atoms with van der Waals surface area (Å²) in [5.74, 6) is -0.235. The number of carbonyl (C=O) groups is 2. The molecule has 2 amide bonds. The molecule has 0 radical (unpaired) electrons. The van der Waals surface area contributed by atoms with Gasteiger partial charge in [-0.05, 0) is 25.1 Å². The number of phenols is 1. The van der Waals surface area contributed by atoms with E-state index in [9.17, 15) is 14.7 Å². The molecule has 1 unspecified atom stereocenters. The van der Waals surface area contributed by atoms with Gasteiger partial charge in [0.2, 0.25) is 5.91 Å². The van der Waals surface area contributed by atoms with Gasteiger partial charge < -0.3 is 20.1 Å². The first-order valence-corrected chi connectivity index (χ1v) is 6.00. The molecule has 1 fully saturated rings. The van der Waals surface area contributed by atoms with E-state index < -0.39 is 6.04 Å². The van der Waals surface area contributed by atoms with Gasteiger partial charge in [0.15, 0.2) is 11.5 Å². The summed E-state index contributed by atoms with van der Waals surface area (Å²) in [6, 6.07) is 3.93. The zero-order valence-electron chi connectivity index (χ0n) is 10.8. The topological polar surface area (TPSA) is 78.9 Å². The van der Waals surface area contributed by atoms with Crippen molar-refractivity contribution in [2.24, 2.45) is 0 Å². The highest BCUT2D eigenvalue weighted by molar-refractivity contribution is 5.98. The lowest BCUT2D eigenvalue weighted by Gasteiger charge is -2.32. The number of benzene rings is 1. The third-order valence-corrected chi connectivity index (χ3v) is 3.19. The largest absolute Gasteiger partial charge is 0.504 e. The molecule has 1 aliphatic rings. The number of phenolic OH excluding ortho intramolecular Hbond substituents is 1. The Hall–Kier alpha value is -2.24. The third-order valence-electron chi connectivity index (χ3n) is 3.19. The van der Waals surface area contributed by atoms with Gasteiger partial charge in [0, 0.05) is 18.7 Å². The zero-order valence-corrected chi connectivity index (χ0v) is 10.8. The minimum absolute atomic E-state index is 0.0949. The number of ether oxygens (including phenoxy) is 1. The molecule has 0 aromatic heterocycles. The van der Waals surface area contributed by atoms with Gasteiger partial charge in [0.25, 0.3) is 5.91 Å². The summed E-state index contributed by atoms with van der Waals surface area (Å²) in [6.07, 6.45) is 0. The minimum atomic E-state index is -0.509. The molecule has 1 atom stereocenters. The van der Waals surface area contributed by atoms with E-state index in [1.165, 1.54) is 24.1 Å². The molecule has 2 N–H and O–H groups in total. The van der Waals surface area contributed by atoms with Gasteiger partial charge in [-0.15, -0.1) is 0 Å². The van der Waals surface area contributed by atoms with E-state index in [4.69, 9.17) is 4.74 Å². The van der Waals surface area contributed by atoms with Crippen LogP contribution in [0.3, 0.4) is 0 Å². The first kappa shape index (κ1) is 13.2. The molecule has 1 heterocycles. The van der Waals surface area contributed by atoms with Crippen molar-refractivity contribution in [3.63, 3.8) is 0 Å². The summed E-state index contributed by atoms with van der Waals surface area (Å²) in [6.45, 7) is 2.57. The van der Waals surface area contributed by atoms with Crippen LogP contribution in [-0.2, 0) is 4.79 Å². The quantitative estimate of drug-likeness (QED) is 0.808. The molecule has 6 nitrogen and oxygen atoms in total. The van der Waals surface area contributed by atoms with Crippen LogP contribution in [0, 0.1) is 0 Å². The maximum Gasteiger partial charge on any atom is 0.254 e. The molecule has 1 aliphatic heterocycles. The van der Waals surface area contributed by atoms with Crippen LogP contribution in [0.15, 0.2) is 18.2 Å². The van der Waals surface area contributed by atoms with E-state index >= 15 is 0 Å². The first-order chi connectivity index (χ1) is 9.04. The normalized spacial score (nSPS) is 18.9. The fourth-order valence-corrected chi connectivity index (χ4v) is 2.05. The average molecular weight is 264 g/mol. The van der Waals surface area contributed by atoms with Crippen molar-refractivity contribution in [3.05, 3.63) is 23.8 Å². The predicted molar refractivity (Wildman–Crippen MR) is 68.2 cm³/mol. The van der Waals surface area contributed by atoms with Crippen LogP contribution in [0.2, 0.25) is 0 Å². The molecule has 2 rings (SSSR count). The molecule has 0 aliphatic carbocycles. The molecule has 102 valence electrons. The number of nitrogens with one attached hydrogen (secondary N) is 1. The molecular formula is C13H16N2O4. The SMILES string of the molecule is COc1ccc(C(=O)N2CCNC(=O)C2C)cc1O. The molecule has 0 saturated carbocycles. The number of hydrogen-bond acceptors (Lipinski definition) is 4. The fourth-order valence-electron chi connectivity index (χ4n) is 2.05. The second-order valence-electron chi connectivity index (χ2n) is 4.35. The van der Waals surface area contributed by atoms with E-state index in [0.29, 0.717) is 24.4 Å². The average Bonchev–Trinajstić information content (AvgIpc) is 2.41. The molecule has 0 spiro atoms. The maximum atomic E-state index is 12.3. The first-order valence-electron chi connectivity index (χ1n) is 6.00. The number of hydrogen-bond donors (Lipinski definition) is 2. The summed E-state index contributed by atoms with van der Waals surface area (Å²) in [5, 5.41) is 12.4. The van der Waals surface area contributed by atoms with Crippen LogP contribution < -0.4 is 10.1 Å². The lowest BCUT2D eigenvalue weighted by molar-refractivity contribution is -0.127. The van der Waals surface area contributed by atoms with Crippen LogP contribution >= 0.6 is 0 Å². The second-order valence-corrected chi connectivity index (χ2v) is 4.35. The minimum Gasteiger partial charge on any atom is -0.504 e. The highest BCUT2D eigenvalue weighted by Gasteiger charge is 2.30. The van der Waals surface area contributed by atoms with Crippen molar-refractivity contribution in [2.45, 2.75) is 13.0 Å². The van der Waals surface area contributed by atoms with Crippen molar-refractivity contribution < 1.29 is 19.4 Å². The van der Waals surface area contributed by atoms with Gasteiger partial charge in [-0.1, -0.05) is 0 Å². The van der Waals surface area contributed by atoms with Crippen molar-refractivity contribution in [1.29, 1.82) is 0 Å². The van der Waals surface area contributed by atoms with E-state index in [0.717, 1.165) is 0 Å². The smallest absolute Gasteiger partial charge is 0.254 e. The van der Waals surface area contributed by atoms with Gasteiger partial charge in [-0.25, -0.2) is 0 Å². The summed E-state index contributed by atoms with van der Waals surface area (Å²) in [7, 11) is 1.44. The number of rotatable bonds is 2. The Bertz CT molecular complexity index is 515. The highest BCUT2D eigenvalue weighted by Crippen LogP contribution is 2.27. The van der Waals surface area contributed by atoms with Crippen molar-refractivity contribution in [1.82, 2.24) is 10.2 Å². The van der Waals surface area contributed by atoms with Crippen LogP contribution in [0.1, 0.15) is 17.3 Å². The number of methoxy groups -OCH3 is 1. The van der Waals surface area contributed by atoms with Gasteiger partial charge >= 0.3 is 0 Å². The molecular weight excluding hydrogens is 248 g/mol. The van der Waals surface area contributed by atoms with Gasteiger partial charge in [-0.2, -0.15) is 0 Å². The van der Waals surface area contributed by atoms with Crippen LogP contribution in [-0.4, -0.2) is 48.1 Å². The molecule has 1 aromatic carbocycles. The molecule has 0 bridgehead atoms. The third kappa shape index (κ3) is 2.47. The van der Waals surface area contributed by atoms with E-state index in [-0.39, 0.29) is 17.6 Å². The Labute approximate surface area is 111 Å². The van der Waals surface area contributed by atoms with Crippen molar-refractivity contribution in [2.75, 3.05) is 20.2 Å². The van der Waals surface area contributed by atoms with Crippen molar-refractivity contribution in [3.8, 4) is 11.5 Å². The Kier molecular flexibility index (Phi) is 3.59. The monoisotopic (exact) mass is 264 g/mol. The van der Waals surface area contributed by atoms with E-state index in [2.05, 4.69) is 5.32 Å². The number of aromatic hydroxyl groups is 1. The highest BCUT2D eigenvalue weighted by atomic mass is 16.5. The lowest BCUT2D eigenvalue weighted by atomic mass is 10.1. The van der Waals surface area contributed by atoms with Gasteiger partial charge in [0.1, 0.15) is 6.04 Å². The Morgan fingerprint density at radius 3 is 2.89 bits per heavy atom. The number of piperazine rings is 1. The Balaban J connectivity index is 2.24. The van der Waals surface area contributed by atoms with E-state index in [1.54, 1.807) is 13.0 Å². The van der Waals surface area contributed by atoms with E-state index in [1.807, 2.05) is 0 Å². The summed E-state index contributed by atoms with van der Waals surface area (Å²) in [4.78, 5) is 25.3. The van der Waals surface area contributed by atoms with Crippen LogP contribution in [0.5, 0.6) is 11.5 Å². The molecule has 6 heteroatoms. The fraction of sp³-hybridized carbons (Fsp3) is 0.385. The summed E-state index contributed by atoms with van der Waals surface area (Å²) in [5.41, 5.74) is 0.333. The Morgan fingerprint density at radius 2 is 2.26 bits per heavy atom. The van der Waals surface area contributed by atoms with Crippen LogP contribution in [0.4, 0.5) is 0 Å². The predicted octanol–water partition coefficient (Wildman–Crippen LogP) is 0.361. The number of nitrogens with zero attached hydrogens (tertiary/aromatic N) is 1. The summed E-state index contributed by atoms with van der Waals surface area (Å²) >= 11 is 0. The molecule has 19 heavy (non-hydrogen) atoms. The number of carbonyl (C=O) groups excluding carboxylic acids is 2. The van der Waals surface area contributed by atoms with Gasteiger partial charge in [-0.3, -0.25) is 9.59 Å². The maximum absolute atomic E-state index is 12.3. The Morgan fingerprint density at radius 1 is 1.53 bits per heavy atom. The molecule has 1 saturated heterocycles. The number of amides is 2. The second kappa shape index (κ2) is 5.17. The van der Waals surface area contributed by atoms with Gasteiger partial charge in [0.05, 0.1) is 7.11 Å². The lowest BCUT2D eigenvalue weighted by Crippen LogP contribution is -2.55. The van der Waals surface area contributed by atoms with Crippen LogP contribution in [0.25, 0.3) is 0 Å². The zero-order chi connectivity index (χ0) is 14.0. The standard InChI is InChI=1S/C13H16N2O4/c1-8-12(17)14-5-6-15(8)13(18)9-3-4-11(19-2)10(16)7-9/h3-4,7-8,16H,5-6H2,1-2H3,(H,14,17). The van der Waals surface area contributed by atoms with Crippen molar-refractivity contribution >= 4 is 11.8 Å². The summed E-state index contributed by atoms with van der Waals surface area (Å²) < 4.78 is 4.92. The molecule has 1 aromatic rings.